The van der Waals surface area contributed by atoms with Crippen LogP contribution in [-0.4, -0.2) is 21.7 Å². The van der Waals surface area contributed by atoms with Crippen molar-refractivity contribution in [2.24, 2.45) is 0 Å². The fraction of sp³-hybridized carbons (Fsp3) is 0.143. The molecule has 0 spiro atoms. The Hall–Kier alpha value is -3.94. The molecule has 2 aromatic carbocycles. The van der Waals surface area contributed by atoms with Gasteiger partial charge in [-0.25, -0.2) is 9.48 Å². The van der Waals surface area contributed by atoms with Crippen LogP contribution < -0.4 is 21.5 Å². The topological polar surface area (TPSA) is 105 Å². The summed E-state index contributed by atoms with van der Waals surface area (Å²) in [6.45, 7) is 2.36. The summed E-state index contributed by atoms with van der Waals surface area (Å²) < 4.78 is 1.26. The number of rotatable bonds is 6. The number of hydrogen-bond acceptors (Lipinski definition) is 4. The number of aromatic nitrogens is 2. The van der Waals surface area contributed by atoms with Crippen molar-refractivity contribution in [3.05, 3.63) is 82.8 Å². The third kappa shape index (κ3) is 5.52. The number of nitrogens with one attached hydrogen (secondary N) is 3. The fourth-order valence-electron chi connectivity index (χ4n) is 2.63. The molecule has 148 valence electrons. The van der Waals surface area contributed by atoms with E-state index in [0.29, 0.717) is 23.6 Å². The van der Waals surface area contributed by atoms with Crippen LogP contribution in [0.5, 0.6) is 0 Å². The molecule has 0 unspecified atom stereocenters. The molecule has 1 heterocycles. The van der Waals surface area contributed by atoms with Gasteiger partial charge in [-0.05, 0) is 42.8 Å². The number of urea groups is 1. The van der Waals surface area contributed by atoms with Gasteiger partial charge in [-0.3, -0.25) is 9.59 Å². The van der Waals surface area contributed by atoms with Crippen LogP contribution in [0.15, 0.2) is 71.5 Å². The molecule has 0 aliphatic heterocycles. The van der Waals surface area contributed by atoms with Crippen LogP contribution >= 0.6 is 0 Å². The molecule has 0 radical (unpaired) electrons. The van der Waals surface area contributed by atoms with E-state index in [1.165, 1.54) is 16.8 Å². The van der Waals surface area contributed by atoms with E-state index in [-0.39, 0.29) is 11.3 Å². The molecular formula is C21H21N5O3. The van der Waals surface area contributed by atoms with Gasteiger partial charge in [-0.2, -0.15) is 5.10 Å². The minimum atomic E-state index is -0.444. The number of carbonyl (C=O) groups is 2. The smallest absolute Gasteiger partial charge is 0.321 e. The molecular weight excluding hydrogens is 370 g/mol. The fourth-order valence-corrected chi connectivity index (χ4v) is 2.63. The lowest BCUT2D eigenvalue weighted by atomic mass is 10.2. The van der Waals surface area contributed by atoms with Crippen molar-refractivity contribution in [3.8, 4) is 0 Å². The van der Waals surface area contributed by atoms with Crippen LogP contribution in [0.2, 0.25) is 0 Å². The summed E-state index contributed by atoms with van der Waals surface area (Å²) in [5.74, 6) is -0.444. The predicted molar refractivity (Wildman–Crippen MR) is 112 cm³/mol. The Morgan fingerprint density at radius 3 is 2.24 bits per heavy atom. The number of para-hydroxylation sites is 1. The minimum absolute atomic E-state index is 0.137. The zero-order valence-corrected chi connectivity index (χ0v) is 15.9. The number of benzene rings is 2. The lowest BCUT2D eigenvalue weighted by molar-refractivity contribution is 0.101. The summed E-state index contributed by atoms with van der Waals surface area (Å²) in [4.78, 5) is 36.3. The van der Waals surface area contributed by atoms with E-state index in [9.17, 15) is 14.4 Å². The molecule has 0 saturated heterocycles. The molecule has 0 saturated carbocycles. The number of hydrogen-bond donors (Lipinski definition) is 3. The highest BCUT2D eigenvalue weighted by Gasteiger charge is 2.11. The van der Waals surface area contributed by atoms with Gasteiger partial charge in [0.1, 0.15) is 5.69 Å². The van der Waals surface area contributed by atoms with E-state index in [1.807, 2.05) is 25.1 Å². The molecule has 0 bridgehead atoms. The van der Waals surface area contributed by atoms with E-state index in [0.717, 1.165) is 6.42 Å². The third-order valence-corrected chi connectivity index (χ3v) is 3.94. The average molecular weight is 391 g/mol. The Morgan fingerprint density at radius 1 is 0.862 bits per heavy atom. The van der Waals surface area contributed by atoms with Crippen LogP contribution in [0.4, 0.5) is 21.9 Å². The largest absolute Gasteiger partial charge is 0.323 e. The Morgan fingerprint density at radius 2 is 1.52 bits per heavy atom. The molecule has 8 heteroatoms. The first-order valence-electron chi connectivity index (χ1n) is 9.18. The Bertz CT molecular complexity index is 1060. The van der Waals surface area contributed by atoms with Gasteiger partial charge in [0.15, 0.2) is 0 Å². The van der Waals surface area contributed by atoms with E-state index >= 15 is 0 Å². The van der Waals surface area contributed by atoms with Gasteiger partial charge < -0.3 is 16.0 Å². The molecule has 0 aliphatic carbocycles. The molecule has 3 aromatic rings. The molecule has 3 rings (SSSR count). The van der Waals surface area contributed by atoms with Crippen molar-refractivity contribution in [2.45, 2.75) is 19.9 Å². The van der Waals surface area contributed by atoms with E-state index < -0.39 is 11.9 Å². The van der Waals surface area contributed by atoms with Crippen molar-refractivity contribution >= 4 is 29.0 Å². The van der Waals surface area contributed by atoms with Crippen LogP contribution in [0.3, 0.4) is 0 Å². The summed E-state index contributed by atoms with van der Waals surface area (Å²) in [6.07, 6.45) is 0.733. The Balaban J connectivity index is 1.66. The van der Waals surface area contributed by atoms with Crippen LogP contribution in [-0.2, 0) is 6.54 Å². The maximum absolute atomic E-state index is 12.5. The van der Waals surface area contributed by atoms with Gasteiger partial charge in [0.25, 0.3) is 11.5 Å². The van der Waals surface area contributed by atoms with Gasteiger partial charge >= 0.3 is 6.03 Å². The summed E-state index contributed by atoms with van der Waals surface area (Å²) in [7, 11) is 0. The average Bonchev–Trinajstić information content (AvgIpc) is 2.70. The summed E-state index contributed by atoms with van der Waals surface area (Å²) in [6, 6.07) is 18.1. The van der Waals surface area contributed by atoms with Crippen molar-refractivity contribution < 1.29 is 9.59 Å². The second-order valence-electron chi connectivity index (χ2n) is 6.26. The minimum Gasteiger partial charge on any atom is -0.321 e. The maximum Gasteiger partial charge on any atom is 0.323 e. The molecule has 8 nitrogen and oxygen atoms in total. The van der Waals surface area contributed by atoms with E-state index in [2.05, 4.69) is 21.0 Å². The quantitative estimate of drug-likeness (QED) is 0.597. The molecule has 0 aliphatic rings. The normalized spacial score (nSPS) is 10.2. The predicted octanol–water partition coefficient (Wildman–Crippen LogP) is 3.55. The highest BCUT2D eigenvalue weighted by molar-refractivity contribution is 6.04. The molecule has 1 aromatic heterocycles. The second kappa shape index (κ2) is 9.32. The number of aryl methyl sites for hydroxylation is 1. The van der Waals surface area contributed by atoms with Gasteiger partial charge in [0.2, 0.25) is 0 Å². The first-order chi connectivity index (χ1) is 14.0. The zero-order chi connectivity index (χ0) is 20.6. The van der Waals surface area contributed by atoms with Gasteiger partial charge in [0.05, 0.1) is 0 Å². The number of nitrogens with zero attached hydrogens (tertiary/aromatic N) is 2. The first kappa shape index (κ1) is 19.8. The second-order valence-corrected chi connectivity index (χ2v) is 6.26. The maximum atomic E-state index is 12.5. The highest BCUT2D eigenvalue weighted by Crippen LogP contribution is 2.16. The summed E-state index contributed by atoms with van der Waals surface area (Å²) >= 11 is 0. The van der Waals surface area contributed by atoms with Crippen LogP contribution in [0.25, 0.3) is 0 Å². The summed E-state index contributed by atoms with van der Waals surface area (Å²) in [5.41, 5.74) is 1.56. The molecule has 0 atom stereocenters. The monoisotopic (exact) mass is 391 g/mol. The highest BCUT2D eigenvalue weighted by atomic mass is 16.2. The lowest BCUT2D eigenvalue weighted by Crippen LogP contribution is -2.26. The zero-order valence-electron chi connectivity index (χ0n) is 15.9. The lowest BCUT2D eigenvalue weighted by Gasteiger charge is -2.10. The molecule has 29 heavy (non-hydrogen) atoms. The van der Waals surface area contributed by atoms with Gasteiger partial charge in [-0.1, -0.05) is 31.2 Å². The van der Waals surface area contributed by atoms with Crippen molar-refractivity contribution in [2.75, 3.05) is 16.0 Å². The standard InChI is InChI=1S/C21H21N5O3/c1-2-13-26-19(27)12-11-18(25-26)20(28)22-16-9-6-10-17(14-16)24-21(29)23-15-7-4-3-5-8-15/h3-12,14H,2,13H2,1H3,(H,22,28)(H2,23,24,29). The van der Waals surface area contributed by atoms with E-state index in [4.69, 9.17) is 0 Å². The van der Waals surface area contributed by atoms with Crippen molar-refractivity contribution in [1.82, 2.24) is 9.78 Å². The molecule has 3 N–H and O–H groups in total. The molecule has 0 fully saturated rings. The Labute approximate surface area is 167 Å². The molecule has 3 amide bonds. The van der Waals surface area contributed by atoms with Gasteiger partial charge in [-0.15, -0.1) is 0 Å². The SMILES string of the molecule is CCCn1nc(C(=O)Nc2cccc(NC(=O)Nc3ccccc3)c2)ccc1=O. The van der Waals surface area contributed by atoms with Crippen molar-refractivity contribution in [1.29, 1.82) is 0 Å². The number of carbonyl (C=O) groups excluding carboxylic acids is 2. The van der Waals surface area contributed by atoms with Crippen LogP contribution in [0.1, 0.15) is 23.8 Å². The Kier molecular flexibility index (Phi) is 6.36. The van der Waals surface area contributed by atoms with Crippen molar-refractivity contribution in [3.63, 3.8) is 0 Å². The number of anilines is 3. The van der Waals surface area contributed by atoms with E-state index in [1.54, 1.807) is 36.4 Å². The first-order valence-corrected chi connectivity index (χ1v) is 9.18. The third-order valence-electron chi connectivity index (χ3n) is 3.94. The summed E-state index contributed by atoms with van der Waals surface area (Å²) in [5, 5.41) is 12.2. The van der Waals surface area contributed by atoms with Crippen LogP contribution in [0, 0.1) is 0 Å². The van der Waals surface area contributed by atoms with Gasteiger partial charge in [0, 0.05) is 29.7 Å². The number of amides is 3.